The van der Waals surface area contributed by atoms with Crippen molar-refractivity contribution in [3.63, 3.8) is 0 Å². The van der Waals surface area contributed by atoms with Gasteiger partial charge in [-0.05, 0) is 42.1 Å². The summed E-state index contributed by atoms with van der Waals surface area (Å²) in [6.07, 6.45) is 0.545. The molecule has 30 heavy (non-hydrogen) atoms. The summed E-state index contributed by atoms with van der Waals surface area (Å²) in [7, 11) is -3.61. The molecule has 0 spiro atoms. The zero-order valence-electron chi connectivity index (χ0n) is 16.4. The summed E-state index contributed by atoms with van der Waals surface area (Å²) in [6.45, 7) is 1.63. The second-order valence-corrected chi connectivity index (χ2v) is 8.95. The molecule has 0 saturated carbocycles. The highest BCUT2D eigenvalue weighted by molar-refractivity contribution is 7.93. The monoisotopic (exact) mass is 423 g/mol. The Hall–Kier alpha value is -3.39. The van der Waals surface area contributed by atoms with E-state index in [2.05, 4.69) is 10.6 Å². The summed E-state index contributed by atoms with van der Waals surface area (Å²) in [5, 5.41) is 7.06. The van der Waals surface area contributed by atoms with Crippen molar-refractivity contribution < 1.29 is 18.0 Å². The van der Waals surface area contributed by atoms with E-state index in [4.69, 9.17) is 0 Å². The maximum atomic E-state index is 12.9. The van der Waals surface area contributed by atoms with Crippen LogP contribution < -0.4 is 14.9 Å². The molecule has 3 aromatic rings. The number of nitrogens with zero attached hydrogens (tertiary/aromatic N) is 1. The van der Waals surface area contributed by atoms with Gasteiger partial charge in [0.1, 0.15) is 0 Å². The van der Waals surface area contributed by atoms with E-state index in [0.717, 1.165) is 10.8 Å². The Balaban J connectivity index is 1.41. The van der Waals surface area contributed by atoms with Gasteiger partial charge < -0.3 is 10.6 Å². The normalized spacial score (nSPS) is 14.0. The lowest BCUT2D eigenvalue weighted by Crippen LogP contribution is -2.28. The SMILES string of the molecule is CC(=O)Nc1cccc(NC(=O)CCCN2c3cccc4cccc(c34)S2(=O)=O)c1. The Morgan fingerprint density at radius 2 is 1.60 bits per heavy atom. The van der Waals surface area contributed by atoms with Gasteiger partial charge in [0.2, 0.25) is 11.8 Å². The summed E-state index contributed by atoms with van der Waals surface area (Å²) >= 11 is 0. The summed E-state index contributed by atoms with van der Waals surface area (Å²) in [5.41, 5.74) is 1.82. The number of anilines is 3. The number of amides is 2. The molecule has 8 heteroatoms. The van der Waals surface area contributed by atoms with Gasteiger partial charge in [0.15, 0.2) is 0 Å². The van der Waals surface area contributed by atoms with Crippen LogP contribution in [0.3, 0.4) is 0 Å². The Morgan fingerprint density at radius 3 is 2.33 bits per heavy atom. The summed E-state index contributed by atoms with van der Waals surface area (Å²) in [6, 6.07) is 17.6. The largest absolute Gasteiger partial charge is 0.326 e. The quantitative estimate of drug-likeness (QED) is 0.632. The summed E-state index contributed by atoms with van der Waals surface area (Å²) in [4.78, 5) is 23.8. The van der Waals surface area contributed by atoms with E-state index >= 15 is 0 Å². The molecule has 0 aliphatic carbocycles. The van der Waals surface area contributed by atoms with Crippen molar-refractivity contribution in [3.05, 3.63) is 60.7 Å². The van der Waals surface area contributed by atoms with Crippen LogP contribution >= 0.6 is 0 Å². The van der Waals surface area contributed by atoms with E-state index in [1.807, 2.05) is 18.2 Å². The van der Waals surface area contributed by atoms with Crippen LogP contribution in [0, 0.1) is 0 Å². The number of carbonyl (C=O) groups excluding carboxylic acids is 2. The van der Waals surface area contributed by atoms with Crippen LogP contribution in [-0.2, 0) is 19.6 Å². The fourth-order valence-corrected chi connectivity index (χ4v) is 5.43. The molecule has 0 atom stereocenters. The zero-order valence-corrected chi connectivity index (χ0v) is 17.2. The van der Waals surface area contributed by atoms with E-state index in [0.29, 0.717) is 28.4 Å². The number of rotatable bonds is 6. The minimum atomic E-state index is -3.61. The summed E-state index contributed by atoms with van der Waals surface area (Å²) < 4.78 is 27.3. The standard InChI is InChI=1S/C22H21N3O4S/c1-15(26)23-17-8-4-9-18(14-17)24-21(27)12-5-13-25-19-10-2-6-16-7-3-11-20(22(16)19)30(25,28)29/h2-4,6-11,14H,5,12-13H2,1H3,(H,23,26)(H,24,27). The summed E-state index contributed by atoms with van der Waals surface area (Å²) in [5.74, 6) is -0.413. The highest BCUT2D eigenvalue weighted by atomic mass is 32.2. The predicted octanol–water partition coefficient (Wildman–Crippen LogP) is 3.73. The van der Waals surface area contributed by atoms with Crippen molar-refractivity contribution in [3.8, 4) is 0 Å². The lowest BCUT2D eigenvalue weighted by molar-refractivity contribution is -0.116. The lowest BCUT2D eigenvalue weighted by atomic mass is 10.1. The van der Waals surface area contributed by atoms with Gasteiger partial charge >= 0.3 is 0 Å². The van der Waals surface area contributed by atoms with Crippen LogP contribution in [-0.4, -0.2) is 26.8 Å². The van der Waals surface area contributed by atoms with Gasteiger partial charge in [-0.15, -0.1) is 0 Å². The molecule has 0 aromatic heterocycles. The van der Waals surface area contributed by atoms with Gasteiger partial charge in [0, 0.05) is 36.7 Å². The van der Waals surface area contributed by atoms with E-state index in [1.54, 1.807) is 42.5 Å². The maximum Gasteiger partial charge on any atom is 0.265 e. The predicted molar refractivity (Wildman–Crippen MR) is 117 cm³/mol. The molecule has 0 radical (unpaired) electrons. The topological polar surface area (TPSA) is 95.6 Å². The molecule has 2 N–H and O–H groups in total. The molecule has 4 rings (SSSR count). The number of hydrogen-bond acceptors (Lipinski definition) is 4. The minimum Gasteiger partial charge on any atom is -0.326 e. The number of benzene rings is 3. The van der Waals surface area contributed by atoms with E-state index in [9.17, 15) is 18.0 Å². The van der Waals surface area contributed by atoms with Crippen molar-refractivity contribution in [2.75, 3.05) is 21.5 Å². The third-order valence-electron chi connectivity index (χ3n) is 4.91. The van der Waals surface area contributed by atoms with Crippen molar-refractivity contribution in [1.29, 1.82) is 0 Å². The fraction of sp³-hybridized carbons (Fsp3) is 0.182. The Morgan fingerprint density at radius 1 is 0.933 bits per heavy atom. The molecule has 7 nitrogen and oxygen atoms in total. The first-order valence-corrected chi connectivity index (χ1v) is 11.0. The Bertz CT molecular complexity index is 1250. The number of hydrogen-bond donors (Lipinski definition) is 2. The van der Waals surface area contributed by atoms with Crippen LogP contribution in [0.2, 0.25) is 0 Å². The van der Waals surface area contributed by atoms with E-state index in [1.165, 1.54) is 11.2 Å². The lowest BCUT2D eigenvalue weighted by Gasteiger charge is -2.18. The Kier molecular flexibility index (Phi) is 5.17. The Labute approximate surface area is 174 Å². The van der Waals surface area contributed by atoms with Crippen LogP contribution in [0.1, 0.15) is 19.8 Å². The van der Waals surface area contributed by atoms with Crippen LogP contribution in [0.25, 0.3) is 10.8 Å². The highest BCUT2D eigenvalue weighted by Gasteiger charge is 2.34. The molecule has 3 aromatic carbocycles. The molecule has 0 unspecified atom stereocenters. The first-order valence-electron chi connectivity index (χ1n) is 9.58. The first-order chi connectivity index (χ1) is 14.4. The van der Waals surface area contributed by atoms with Gasteiger partial charge in [0.25, 0.3) is 10.0 Å². The van der Waals surface area contributed by atoms with Crippen molar-refractivity contribution >= 4 is 49.7 Å². The van der Waals surface area contributed by atoms with E-state index in [-0.39, 0.29) is 24.8 Å². The molecule has 1 heterocycles. The average Bonchev–Trinajstić information content (AvgIpc) is 2.91. The third-order valence-corrected chi connectivity index (χ3v) is 6.77. The van der Waals surface area contributed by atoms with Gasteiger partial charge in [-0.3, -0.25) is 13.9 Å². The number of sulfonamides is 1. The second-order valence-electron chi connectivity index (χ2n) is 7.12. The first kappa shape index (κ1) is 19.9. The minimum absolute atomic E-state index is 0.169. The smallest absolute Gasteiger partial charge is 0.265 e. The third kappa shape index (κ3) is 3.73. The van der Waals surface area contributed by atoms with Gasteiger partial charge in [-0.2, -0.15) is 0 Å². The molecule has 1 aliphatic heterocycles. The average molecular weight is 423 g/mol. The maximum absolute atomic E-state index is 12.9. The van der Waals surface area contributed by atoms with Crippen LogP contribution in [0.5, 0.6) is 0 Å². The highest BCUT2D eigenvalue weighted by Crippen LogP contribution is 2.41. The molecule has 0 bridgehead atoms. The second kappa shape index (κ2) is 7.79. The van der Waals surface area contributed by atoms with E-state index < -0.39 is 10.0 Å². The van der Waals surface area contributed by atoms with Crippen LogP contribution in [0.15, 0.2) is 65.6 Å². The number of carbonyl (C=O) groups is 2. The van der Waals surface area contributed by atoms with Gasteiger partial charge in [-0.1, -0.05) is 30.3 Å². The molecule has 2 amide bonds. The van der Waals surface area contributed by atoms with Crippen molar-refractivity contribution in [1.82, 2.24) is 0 Å². The van der Waals surface area contributed by atoms with Crippen LogP contribution in [0.4, 0.5) is 17.1 Å². The van der Waals surface area contributed by atoms with Crippen molar-refractivity contribution in [2.24, 2.45) is 0 Å². The number of nitrogens with one attached hydrogen (secondary N) is 2. The zero-order chi connectivity index (χ0) is 21.3. The molecule has 1 aliphatic rings. The molecular weight excluding hydrogens is 402 g/mol. The van der Waals surface area contributed by atoms with Crippen molar-refractivity contribution in [2.45, 2.75) is 24.7 Å². The molecular formula is C22H21N3O4S. The van der Waals surface area contributed by atoms with Gasteiger partial charge in [0.05, 0.1) is 10.6 Å². The molecule has 154 valence electrons. The van der Waals surface area contributed by atoms with Gasteiger partial charge in [-0.25, -0.2) is 8.42 Å². The molecule has 0 fully saturated rings. The molecule has 0 saturated heterocycles. The fourth-order valence-electron chi connectivity index (χ4n) is 3.68.